The van der Waals surface area contributed by atoms with Gasteiger partial charge in [-0.1, -0.05) is 11.6 Å². The molecule has 20 heavy (non-hydrogen) atoms. The molecule has 1 heterocycles. The molecule has 0 atom stereocenters. The first-order valence-corrected chi connectivity index (χ1v) is 6.66. The maximum atomic E-state index is 11.9. The van der Waals surface area contributed by atoms with Gasteiger partial charge < -0.3 is 5.32 Å². The Morgan fingerprint density at radius 2 is 2.20 bits per heavy atom. The fraction of sp³-hybridized carbons (Fsp3) is 0.462. The zero-order chi connectivity index (χ0) is 14.9. The topological polar surface area (TPSA) is 75.5 Å². The van der Waals surface area contributed by atoms with Crippen LogP contribution in [0.1, 0.15) is 19.4 Å². The maximum absolute atomic E-state index is 11.9. The number of nitrogens with zero attached hydrogens (tertiary/aromatic N) is 2. The van der Waals surface area contributed by atoms with Crippen molar-refractivity contribution in [1.29, 1.82) is 0 Å². The van der Waals surface area contributed by atoms with Crippen LogP contribution in [0, 0.1) is 10.1 Å². The van der Waals surface area contributed by atoms with E-state index in [0.717, 1.165) is 0 Å². The molecule has 1 fully saturated rings. The number of non-ortho nitro benzene ring substituents is 1. The molecule has 1 amide bonds. The molecule has 2 rings (SSSR count). The number of nitro benzene ring substituents is 1. The van der Waals surface area contributed by atoms with Crippen LogP contribution in [-0.4, -0.2) is 34.4 Å². The second-order valence-corrected chi connectivity index (χ2v) is 5.68. The minimum absolute atomic E-state index is 0.00340. The average molecular weight is 298 g/mol. The Morgan fingerprint density at radius 1 is 1.50 bits per heavy atom. The van der Waals surface area contributed by atoms with E-state index in [-0.39, 0.29) is 11.6 Å². The summed E-state index contributed by atoms with van der Waals surface area (Å²) in [4.78, 5) is 24.2. The lowest BCUT2D eigenvalue weighted by molar-refractivity contribution is -0.384. The van der Waals surface area contributed by atoms with Crippen LogP contribution in [-0.2, 0) is 11.3 Å². The molecular formula is C13H16ClN3O3. The smallest absolute Gasteiger partial charge is 0.269 e. The van der Waals surface area contributed by atoms with Gasteiger partial charge in [-0.2, -0.15) is 0 Å². The number of nitrogens with one attached hydrogen (secondary N) is 1. The van der Waals surface area contributed by atoms with E-state index in [9.17, 15) is 14.9 Å². The van der Waals surface area contributed by atoms with Crippen LogP contribution in [0.5, 0.6) is 0 Å². The Balaban J connectivity index is 2.27. The van der Waals surface area contributed by atoms with Crippen LogP contribution in [0.2, 0.25) is 5.02 Å². The van der Waals surface area contributed by atoms with Crippen molar-refractivity contribution in [3.8, 4) is 0 Å². The first kappa shape index (κ1) is 14.7. The van der Waals surface area contributed by atoms with E-state index in [1.165, 1.54) is 18.2 Å². The van der Waals surface area contributed by atoms with Crippen LogP contribution >= 0.6 is 11.6 Å². The molecule has 0 bridgehead atoms. The number of hydrogen-bond acceptors (Lipinski definition) is 4. The summed E-state index contributed by atoms with van der Waals surface area (Å²) in [6.45, 7) is 5.30. The zero-order valence-corrected chi connectivity index (χ0v) is 12.1. The average Bonchev–Trinajstić information content (AvgIpc) is 2.37. The first-order chi connectivity index (χ1) is 9.32. The number of benzene rings is 1. The molecule has 0 spiro atoms. The van der Waals surface area contributed by atoms with Crippen molar-refractivity contribution in [2.24, 2.45) is 0 Å². The number of carbonyl (C=O) groups excluding carboxylic acids is 1. The molecule has 1 aromatic carbocycles. The molecular weight excluding hydrogens is 282 g/mol. The van der Waals surface area contributed by atoms with Gasteiger partial charge in [-0.05, 0) is 25.5 Å². The SMILES string of the molecule is CC1(C)C(=O)NCCN1Cc1cc([N+](=O)[O-])ccc1Cl. The molecule has 1 aliphatic heterocycles. The quantitative estimate of drug-likeness (QED) is 0.683. The van der Waals surface area contributed by atoms with Crippen LogP contribution in [0.4, 0.5) is 5.69 Å². The molecule has 108 valence electrons. The number of carbonyl (C=O) groups is 1. The number of nitro groups is 1. The molecule has 1 aliphatic rings. The van der Waals surface area contributed by atoms with Crippen LogP contribution in [0.3, 0.4) is 0 Å². The van der Waals surface area contributed by atoms with E-state index in [0.29, 0.717) is 30.2 Å². The second kappa shape index (κ2) is 5.38. The summed E-state index contributed by atoms with van der Waals surface area (Å²) in [5.74, 6) is -0.0506. The number of piperazine rings is 1. The third-order valence-corrected chi connectivity index (χ3v) is 3.98. The summed E-state index contributed by atoms with van der Waals surface area (Å²) in [5.41, 5.74) is -0.000971. The number of amides is 1. The largest absolute Gasteiger partial charge is 0.353 e. The fourth-order valence-corrected chi connectivity index (χ4v) is 2.40. The summed E-state index contributed by atoms with van der Waals surface area (Å²) in [6, 6.07) is 4.36. The molecule has 0 radical (unpaired) electrons. The van der Waals surface area contributed by atoms with E-state index in [1.807, 2.05) is 18.7 Å². The molecule has 1 N–H and O–H groups in total. The number of hydrogen-bond donors (Lipinski definition) is 1. The van der Waals surface area contributed by atoms with Gasteiger partial charge in [-0.3, -0.25) is 19.8 Å². The Morgan fingerprint density at radius 3 is 2.85 bits per heavy atom. The Labute approximate surface area is 121 Å². The van der Waals surface area contributed by atoms with Gasteiger partial charge in [-0.25, -0.2) is 0 Å². The number of rotatable bonds is 3. The van der Waals surface area contributed by atoms with E-state index < -0.39 is 10.5 Å². The monoisotopic (exact) mass is 297 g/mol. The highest BCUT2D eigenvalue weighted by molar-refractivity contribution is 6.31. The lowest BCUT2D eigenvalue weighted by Crippen LogP contribution is -2.61. The summed E-state index contributed by atoms with van der Waals surface area (Å²) in [6.07, 6.45) is 0. The lowest BCUT2D eigenvalue weighted by Gasteiger charge is -2.41. The third-order valence-electron chi connectivity index (χ3n) is 3.61. The van der Waals surface area contributed by atoms with Crippen molar-refractivity contribution in [2.45, 2.75) is 25.9 Å². The summed E-state index contributed by atoms with van der Waals surface area (Å²) in [7, 11) is 0. The van der Waals surface area contributed by atoms with Crippen molar-refractivity contribution in [3.05, 3.63) is 38.9 Å². The van der Waals surface area contributed by atoms with Gasteiger partial charge in [0.25, 0.3) is 5.69 Å². The molecule has 0 aliphatic carbocycles. The second-order valence-electron chi connectivity index (χ2n) is 5.27. The highest BCUT2D eigenvalue weighted by atomic mass is 35.5. The summed E-state index contributed by atoms with van der Waals surface area (Å²) >= 11 is 6.10. The molecule has 0 saturated carbocycles. The highest BCUT2D eigenvalue weighted by Crippen LogP contribution is 2.27. The van der Waals surface area contributed by atoms with Gasteiger partial charge in [0.1, 0.15) is 0 Å². The fourth-order valence-electron chi connectivity index (χ4n) is 2.22. The van der Waals surface area contributed by atoms with E-state index in [2.05, 4.69) is 5.32 Å². The Hall–Kier alpha value is -1.66. The highest BCUT2D eigenvalue weighted by Gasteiger charge is 2.37. The minimum atomic E-state index is -0.661. The standard InChI is InChI=1S/C13H16ClN3O3/c1-13(2)12(18)15-5-6-16(13)8-9-7-10(17(19)20)3-4-11(9)14/h3-4,7H,5-6,8H2,1-2H3,(H,15,18). The maximum Gasteiger partial charge on any atom is 0.269 e. The first-order valence-electron chi connectivity index (χ1n) is 6.28. The van der Waals surface area contributed by atoms with Gasteiger partial charge >= 0.3 is 0 Å². The predicted molar refractivity (Wildman–Crippen MR) is 75.6 cm³/mol. The van der Waals surface area contributed by atoms with Crippen molar-refractivity contribution in [1.82, 2.24) is 10.2 Å². The van der Waals surface area contributed by atoms with Crippen molar-refractivity contribution in [3.63, 3.8) is 0 Å². The van der Waals surface area contributed by atoms with Crippen molar-refractivity contribution >= 4 is 23.2 Å². The van der Waals surface area contributed by atoms with Gasteiger partial charge in [0.05, 0.1) is 10.5 Å². The molecule has 0 aromatic heterocycles. The van der Waals surface area contributed by atoms with Gasteiger partial charge in [0, 0.05) is 36.8 Å². The molecule has 0 unspecified atom stereocenters. The molecule has 1 saturated heterocycles. The predicted octanol–water partition coefficient (Wildman–Crippen LogP) is 1.96. The molecule has 1 aromatic rings. The van der Waals surface area contributed by atoms with Crippen molar-refractivity contribution < 1.29 is 9.72 Å². The lowest BCUT2D eigenvalue weighted by atomic mass is 9.98. The zero-order valence-electron chi connectivity index (χ0n) is 11.4. The van der Waals surface area contributed by atoms with Gasteiger partial charge in [-0.15, -0.1) is 0 Å². The van der Waals surface area contributed by atoms with Crippen LogP contribution in [0.25, 0.3) is 0 Å². The molecule has 7 heteroatoms. The normalized spacial score (nSPS) is 18.6. The van der Waals surface area contributed by atoms with E-state index in [4.69, 9.17) is 11.6 Å². The Kier molecular flexibility index (Phi) is 3.96. The van der Waals surface area contributed by atoms with Crippen LogP contribution < -0.4 is 5.32 Å². The van der Waals surface area contributed by atoms with Crippen LogP contribution in [0.15, 0.2) is 18.2 Å². The Bertz CT molecular complexity index is 560. The van der Waals surface area contributed by atoms with Crippen molar-refractivity contribution in [2.75, 3.05) is 13.1 Å². The summed E-state index contributed by atoms with van der Waals surface area (Å²) in [5, 5.41) is 14.1. The van der Waals surface area contributed by atoms with Gasteiger partial charge in [0.2, 0.25) is 5.91 Å². The minimum Gasteiger partial charge on any atom is -0.353 e. The van der Waals surface area contributed by atoms with E-state index in [1.54, 1.807) is 0 Å². The summed E-state index contributed by atoms with van der Waals surface area (Å²) < 4.78 is 0. The molecule has 6 nitrogen and oxygen atoms in total. The van der Waals surface area contributed by atoms with Gasteiger partial charge in [0.15, 0.2) is 0 Å². The number of halogens is 1. The van der Waals surface area contributed by atoms with E-state index >= 15 is 0 Å². The third kappa shape index (κ3) is 2.76.